The fraction of sp³-hybridized carbons (Fsp3) is 0.364. The van der Waals surface area contributed by atoms with Gasteiger partial charge in [-0.3, -0.25) is 4.55 Å². The minimum atomic E-state index is -4.33. The maximum absolute atomic E-state index is 11.5. The summed E-state index contributed by atoms with van der Waals surface area (Å²) in [5.41, 5.74) is 0.0501. The second-order valence-corrected chi connectivity index (χ2v) is 4.99. The molecule has 0 aliphatic rings. The van der Waals surface area contributed by atoms with E-state index in [1.165, 1.54) is 18.2 Å². The second-order valence-electron chi connectivity index (χ2n) is 3.57. The Morgan fingerprint density at radius 1 is 1.32 bits per heavy atom. The molecule has 1 rings (SSSR count). The van der Waals surface area contributed by atoms with Crippen LogP contribution in [-0.4, -0.2) is 37.3 Å². The van der Waals surface area contributed by atoms with Crippen molar-refractivity contribution in [2.24, 2.45) is 0 Å². The normalized spacial score (nSPS) is 10.6. The maximum atomic E-state index is 11.5. The van der Waals surface area contributed by atoms with E-state index in [4.69, 9.17) is 14.4 Å². The van der Waals surface area contributed by atoms with Gasteiger partial charge in [0.05, 0.1) is 17.1 Å². The van der Waals surface area contributed by atoms with Crippen LogP contribution in [0.15, 0.2) is 29.2 Å². The van der Waals surface area contributed by atoms with Gasteiger partial charge in [0.15, 0.2) is 0 Å². The Morgan fingerprint density at radius 3 is 2.58 bits per heavy atom. The van der Waals surface area contributed by atoms with E-state index in [0.717, 1.165) is 6.07 Å². The molecule has 0 aliphatic carbocycles. The average Bonchev–Trinajstić information content (AvgIpc) is 2.33. The monoisotopic (exact) mass is 298 g/mol. The molecule has 0 bridgehead atoms. The molecule has 1 aromatic rings. The largest absolute Gasteiger partial charge is 1.00 e. The second kappa shape index (κ2) is 8.68. The van der Waals surface area contributed by atoms with Crippen LogP contribution in [0.5, 0.6) is 0 Å². The molecule has 2 N–H and O–H groups in total. The number of hydrogen-bond donors (Lipinski definition) is 2. The van der Waals surface area contributed by atoms with Crippen molar-refractivity contribution in [3.05, 3.63) is 29.8 Å². The van der Waals surface area contributed by atoms with Crippen molar-refractivity contribution in [3.63, 3.8) is 0 Å². The standard InChI is InChI=1S/C11H14O6S.Na.H/c12-6-1-2-7-17-11(13)9-4-3-5-10(8-9)18(14,15)16;;/h3-5,8,12H,1-2,6-7H2,(H,14,15,16);;/q;+1;-1. The zero-order valence-electron chi connectivity index (χ0n) is 11.6. The van der Waals surface area contributed by atoms with Gasteiger partial charge in [0, 0.05) is 6.61 Å². The summed E-state index contributed by atoms with van der Waals surface area (Å²) in [6.07, 6.45) is 1.05. The van der Waals surface area contributed by atoms with E-state index in [1.54, 1.807) is 0 Å². The molecule has 6 nitrogen and oxygen atoms in total. The molecule has 0 amide bonds. The Morgan fingerprint density at radius 2 is 2.00 bits per heavy atom. The van der Waals surface area contributed by atoms with Crippen LogP contribution >= 0.6 is 0 Å². The maximum Gasteiger partial charge on any atom is 1.00 e. The summed E-state index contributed by atoms with van der Waals surface area (Å²) < 4.78 is 35.5. The van der Waals surface area contributed by atoms with Crippen LogP contribution < -0.4 is 29.6 Å². The Kier molecular flexibility index (Phi) is 8.47. The summed E-state index contributed by atoms with van der Waals surface area (Å²) >= 11 is 0. The van der Waals surface area contributed by atoms with Gasteiger partial charge >= 0.3 is 35.5 Å². The van der Waals surface area contributed by atoms with Crippen molar-refractivity contribution in [3.8, 4) is 0 Å². The number of carbonyl (C=O) groups is 1. The zero-order chi connectivity index (χ0) is 13.6. The first-order chi connectivity index (χ1) is 8.45. The van der Waals surface area contributed by atoms with Crippen LogP contribution in [-0.2, 0) is 14.9 Å². The number of aliphatic hydroxyl groups excluding tert-OH is 1. The van der Waals surface area contributed by atoms with Crippen LogP contribution in [0, 0.1) is 0 Å². The third-order valence-corrected chi connectivity index (χ3v) is 3.00. The number of ether oxygens (including phenoxy) is 1. The van der Waals surface area contributed by atoms with E-state index >= 15 is 0 Å². The van der Waals surface area contributed by atoms with Gasteiger partial charge in [0.1, 0.15) is 0 Å². The summed E-state index contributed by atoms with van der Waals surface area (Å²) in [6.45, 7) is 0.172. The molecule has 0 radical (unpaired) electrons. The summed E-state index contributed by atoms with van der Waals surface area (Å²) in [6, 6.07) is 4.96. The van der Waals surface area contributed by atoms with E-state index in [-0.39, 0.29) is 54.7 Å². The van der Waals surface area contributed by atoms with Crippen LogP contribution in [0.25, 0.3) is 0 Å². The van der Waals surface area contributed by atoms with Crippen molar-refractivity contribution in [1.82, 2.24) is 0 Å². The smallest absolute Gasteiger partial charge is 1.00 e. The number of rotatable bonds is 6. The van der Waals surface area contributed by atoms with Crippen LogP contribution in [0.1, 0.15) is 24.6 Å². The predicted molar refractivity (Wildman–Crippen MR) is 64.0 cm³/mol. The van der Waals surface area contributed by atoms with Gasteiger partial charge in [-0.2, -0.15) is 8.42 Å². The zero-order valence-corrected chi connectivity index (χ0v) is 13.4. The average molecular weight is 298 g/mol. The Labute approximate surface area is 135 Å². The van der Waals surface area contributed by atoms with Crippen LogP contribution in [0.3, 0.4) is 0 Å². The van der Waals surface area contributed by atoms with Gasteiger partial charge in [-0.1, -0.05) is 6.07 Å². The first kappa shape index (κ1) is 18.6. The number of carbonyl (C=O) groups excluding carboxylic acids is 1. The molecule has 0 saturated carbocycles. The molecule has 102 valence electrons. The number of hydrogen-bond acceptors (Lipinski definition) is 5. The van der Waals surface area contributed by atoms with Crippen molar-refractivity contribution in [2.75, 3.05) is 13.2 Å². The van der Waals surface area contributed by atoms with Gasteiger partial charge in [-0.05, 0) is 31.0 Å². The first-order valence-corrected chi connectivity index (χ1v) is 6.74. The summed E-state index contributed by atoms with van der Waals surface area (Å²) in [5.74, 6) is -0.668. The van der Waals surface area contributed by atoms with E-state index in [9.17, 15) is 13.2 Å². The van der Waals surface area contributed by atoms with Crippen molar-refractivity contribution in [1.29, 1.82) is 0 Å². The molecular weight excluding hydrogens is 283 g/mol. The molecule has 19 heavy (non-hydrogen) atoms. The summed E-state index contributed by atoms with van der Waals surface area (Å²) in [5, 5.41) is 8.54. The Hall–Kier alpha value is -0.440. The third kappa shape index (κ3) is 6.51. The fourth-order valence-electron chi connectivity index (χ4n) is 1.25. The third-order valence-electron chi connectivity index (χ3n) is 2.15. The van der Waals surface area contributed by atoms with Crippen LogP contribution in [0.4, 0.5) is 0 Å². The minimum Gasteiger partial charge on any atom is -1.00 e. The Bertz CT molecular complexity index is 519. The van der Waals surface area contributed by atoms with Crippen molar-refractivity contribution < 1.29 is 58.6 Å². The number of unbranched alkanes of at least 4 members (excludes halogenated alkanes) is 1. The minimum absolute atomic E-state index is 0. The molecule has 0 fully saturated rings. The summed E-state index contributed by atoms with van der Waals surface area (Å²) in [4.78, 5) is 11.2. The quantitative estimate of drug-likeness (QED) is 0.272. The summed E-state index contributed by atoms with van der Waals surface area (Å²) in [7, 11) is -4.33. The van der Waals surface area contributed by atoms with Gasteiger partial charge in [0.25, 0.3) is 10.1 Å². The van der Waals surface area contributed by atoms with E-state index in [2.05, 4.69) is 0 Å². The predicted octanol–water partition coefficient (Wildman–Crippen LogP) is -2.02. The van der Waals surface area contributed by atoms with Crippen LogP contribution in [0.2, 0.25) is 0 Å². The molecule has 0 spiro atoms. The van der Waals surface area contributed by atoms with Gasteiger partial charge in [-0.25, -0.2) is 4.79 Å². The van der Waals surface area contributed by atoms with Gasteiger partial charge in [-0.15, -0.1) is 0 Å². The molecule has 1 aromatic carbocycles. The van der Waals surface area contributed by atoms with Crippen molar-refractivity contribution >= 4 is 16.1 Å². The number of esters is 1. The molecule has 0 atom stereocenters. The SMILES string of the molecule is O=C(OCCCCO)c1cccc(S(=O)(=O)O)c1.[H-].[Na+]. The van der Waals surface area contributed by atoms with Gasteiger partial charge in [0.2, 0.25) is 0 Å². The topological polar surface area (TPSA) is 101 Å². The molecular formula is C11H15NaO6S. The number of benzene rings is 1. The van der Waals surface area contributed by atoms with E-state index in [1.807, 2.05) is 0 Å². The fourth-order valence-corrected chi connectivity index (χ4v) is 1.77. The number of aliphatic hydroxyl groups is 1. The van der Waals surface area contributed by atoms with Gasteiger partial charge < -0.3 is 11.3 Å². The van der Waals surface area contributed by atoms with Crippen molar-refractivity contribution in [2.45, 2.75) is 17.7 Å². The molecule has 8 heteroatoms. The van der Waals surface area contributed by atoms with E-state index < -0.39 is 16.1 Å². The molecule has 0 unspecified atom stereocenters. The molecule has 0 aromatic heterocycles. The molecule has 0 saturated heterocycles. The molecule has 0 heterocycles. The molecule has 0 aliphatic heterocycles. The first-order valence-electron chi connectivity index (χ1n) is 5.30. The Balaban J connectivity index is 0. The van der Waals surface area contributed by atoms with E-state index in [0.29, 0.717) is 12.8 Å².